The monoisotopic (exact) mass is 287 g/mol. The predicted octanol–water partition coefficient (Wildman–Crippen LogP) is 1.80. The number of fused-ring (bicyclic) bond motifs is 1. The number of anilines is 1. The van der Waals surface area contributed by atoms with Crippen LogP contribution in [0.1, 0.15) is 12.8 Å². The van der Waals surface area contributed by atoms with Gasteiger partial charge in [0.2, 0.25) is 5.95 Å². The Morgan fingerprint density at radius 2 is 2.14 bits per heavy atom. The summed E-state index contributed by atoms with van der Waals surface area (Å²) in [5, 5.41) is 10.7. The average molecular weight is 287 g/mol. The van der Waals surface area contributed by atoms with Crippen molar-refractivity contribution in [3.63, 3.8) is 0 Å². The summed E-state index contributed by atoms with van der Waals surface area (Å²) >= 11 is 0. The van der Waals surface area contributed by atoms with Crippen LogP contribution in [-0.4, -0.2) is 40.9 Å². The Morgan fingerprint density at radius 1 is 1.24 bits per heavy atom. The second-order valence-corrected chi connectivity index (χ2v) is 5.83. The first kappa shape index (κ1) is 12.8. The number of piperidine rings is 1. The fourth-order valence-corrected chi connectivity index (χ4v) is 3.38. The Bertz CT molecular complexity index is 626. The molecule has 2 fully saturated rings. The van der Waals surface area contributed by atoms with Crippen LogP contribution in [0.3, 0.4) is 0 Å². The van der Waals surface area contributed by atoms with E-state index in [-0.39, 0.29) is 5.82 Å². The first-order chi connectivity index (χ1) is 10.3. The molecule has 21 heavy (non-hydrogen) atoms. The molecule has 0 spiro atoms. The molecule has 0 bridgehead atoms. The third kappa shape index (κ3) is 2.29. The van der Waals surface area contributed by atoms with Crippen LogP contribution in [0.4, 0.5) is 10.3 Å². The third-order valence-electron chi connectivity index (χ3n) is 4.48. The number of aromatic amines is 1. The molecule has 0 aliphatic carbocycles. The van der Waals surface area contributed by atoms with Gasteiger partial charge in [-0.05, 0) is 37.4 Å². The molecule has 0 radical (unpaired) electrons. The molecule has 2 aliphatic heterocycles. The van der Waals surface area contributed by atoms with Gasteiger partial charge in [-0.3, -0.25) is 5.10 Å². The van der Waals surface area contributed by atoms with E-state index in [9.17, 15) is 4.39 Å². The lowest BCUT2D eigenvalue weighted by Gasteiger charge is -2.24. The number of aromatic nitrogens is 3. The van der Waals surface area contributed by atoms with E-state index in [1.807, 2.05) is 0 Å². The highest BCUT2D eigenvalue weighted by Crippen LogP contribution is 2.28. The Balaban J connectivity index is 1.56. The zero-order valence-electron chi connectivity index (χ0n) is 11.7. The summed E-state index contributed by atoms with van der Waals surface area (Å²) in [4.78, 5) is 6.66. The Labute approximate surface area is 122 Å². The normalized spacial score (nSPS) is 25.1. The van der Waals surface area contributed by atoms with Gasteiger partial charge in [0.15, 0.2) is 5.82 Å². The topological polar surface area (TPSA) is 56.8 Å². The zero-order valence-corrected chi connectivity index (χ0v) is 11.7. The molecule has 110 valence electrons. The molecule has 2 unspecified atom stereocenters. The van der Waals surface area contributed by atoms with Gasteiger partial charge in [-0.2, -0.15) is 4.98 Å². The molecule has 2 saturated heterocycles. The van der Waals surface area contributed by atoms with E-state index < -0.39 is 0 Å². The van der Waals surface area contributed by atoms with Gasteiger partial charge in [-0.15, -0.1) is 5.10 Å². The molecule has 3 heterocycles. The number of nitrogens with one attached hydrogen (secondary N) is 2. The Kier molecular flexibility index (Phi) is 3.11. The lowest BCUT2D eigenvalue weighted by molar-refractivity contribution is 0.340. The summed E-state index contributed by atoms with van der Waals surface area (Å²) in [5.74, 6) is 1.56. The van der Waals surface area contributed by atoms with Crippen LogP contribution in [-0.2, 0) is 0 Å². The van der Waals surface area contributed by atoms with Gasteiger partial charge in [0.25, 0.3) is 0 Å². The molecule has 2 aliphatic rings. The highest BCUT2D eigenvalue weighted by Gasteiger charge is 2.35. The lowest BCUT2D eigenvalue weighted by atomic mass is 9.94. The van der Waals surface area contributed by atoms with Crippen molar-refractivity contribution < 1.29 is 4.39 Å². The molecule has 0 amide bonds. The summed E-state index contributed by atoms with van der Waals surface area (Å²) in [6.45, 7) is 3.01. The van der Waals surface area contributed by atoms with Crippen LogP contribution in [0.5, 0.6) is 0 Å². The van der Waals surface area contributed by atoms with Crippen molar-refractivity contribution >= 4 is 5.95 Å². The van der Waals surface area contributed by atoms with Crippen LogP contribution >= 0.6 is 0 Å². The molecule has 2 aromatic rings. The first-order valence-electron chi connectivity index (χ1n) is 7.47. The van der Waals surface area contributed by atoms with Gasteiger partial charge in [0, 0.05) is 19.1 Å². The second kappa shape index (κ2) is 5.11. The van der Waals surface area contributed by atoms with Crippen molar-refractivity contribution in [3.8, 4) is 11.4 Å². The van der Waals surface area contributed by atoms with Crippen molar-refractivity contribution in [2.45, 2.75) is 18.9 Å². The van der Waals surface area contributed by atoms with Crippen LogP contribution in [0, 0.1) is 11.7 Å². The molecule has 0 saturated carbocycles. The summed E-state index contributed by atoms with van der Waals surface area (Å²) in [7, 11) is 0. The molecule has 6 heteroatoms. The highest BCUT2D eigenvalue weighted by atomic mass is 19.1. The number of hydrogen-bond donors (Lipinski definition) is 2. The van der Waals surface area contributed by atoms with Gasteiger partial charge in [0.1, 0.15) is 5.82 Å². The highest BCUT2D eigenvalue weighted by molar-refractivity contribution is 5.57. The standard InChI is InChI=1S/C15H18FN5/c16-12-6-2-1-5-11(12)14-18-15(20-19-14)21-8-10-4-3-7-17-13(10)9-21/h1-2,5-6,10,13,17H,3-4,7-9H2,(H,18,19,20). The predicted molar refractivity (Wildman–Crippen MR) is 78.5 cm³/mol. The largest absolute Gasteiger partial charge is 0.338 e. The second-order valence-electron chi connectivity index (χ2n) is 5.83. The minimum atomic E-state index is -0.281. The van der Waals surface area contributed by atoms with Gasteiger partial charge >= 0.3 is 0 Å². The first-order valence-corrected chi connectivity index (χ1v) is 7.47. The summed E-state index contributed by atoms with van der Waals surface area (Å²) in [6.07, 6.45) is 2.50. The van der Waals surface area contributed by atoms with Crippen molar-refractivity contribution in [2.75, 3.05) is 24.5 Å². The van der Waals surface area contributed by atoms with Crippen molar-refractivity contribution in [3.05, 3.63) is 30.1 Å². The van der Waals surface area contributed by atoms with Gasteiger partial charge < -0.3 is 10.2 Å². The number of nitrogens with zero attached hydrogens (tertiary/aromatic N) is 3. The van der Waals surface area contributed by atoms with Crippen molar-refractivity contribution in [1.82, 2.24) is 20.5 Å². The number of hydrogen-bond acceptors (Lipinski definition) is 4. The quantitative estimate of drug-likeness (QED) is 0.884. The van der Waals surface area contributed by atoms with Crippen molar-refractivity contribution in [1.29, 1.82) is 0 Å². The van der Waals surface area contributed by atoms with Crippen LogP contribution in [0.2, 0.25) is 0 Å². The van der Waals surface area contributed by atoms with Gasteiger partial charge in [0.05, 0.1) is 5.56 Å². The summed E-state index contributed by atoms with van der Waals surface area (Å²) in [6, 6.07) is 7.16. The van der Waals surface area contributed by atoms with E-state index in [2.05, 4.69) is 25.4 Å². The number of halogens is 1. The van der Waals surface area contributed by atoms with E-state index in [0.717, 1.165) is 19.6 Å². The molecular formula is C15H18FN5. The van der Waals surface area contributed by atoms with E-state index >= 15 is 0 Å². The average Bonchev–Trinajstić information content (AvgIpc) is 3.14. The maximum Gasteiger partial charge on any atom is 0.245 e. The zero-order chi connectivity index (χ0) is 14.2. The maximum atomic E-state index is 13.8. The van der Waals surface area contributed by atoms with Crippen LogP contribution < -0.4 is 10.2 Å². The lowest BCUT2D eigenvalue weighted by Crippen LogP contribution is -2.40. The smallest absolute Gasteiger partial charge is 0.245 e. The number of rotatable bonds is 2. The molecule has 2 atom stereocenters. The van der Waals surface area contributed by atoms with E-state index in [1.54, 1.807) is 18.2 Å². The molecule has 5 nitrogen and oxygen atoms in total. The van der Waals surface area contributed by atoms with E-state index in [1.165, 1.54) is 18.9 Å². The molecule has 1 aromatic heterocycles. The molecule has 4 rings (SSSR count). The van der Waals surface area contributed by atoms with Crippen LogP contribution in [0.25, 0.3) is 11.4 Å². The fraction of sp³-hybridized carbons (Fsp3) is 0.467. The Hall–Kier alpha value is -1.95. The molecular weight excluding hydrogens is 269 g/mol. The number of benzene rings is 1. The van der Waals surface area contributed by atoms with Gasteiger partial charge in [-0.1, -0.05) is 12.1 Å². The van der Waals surface area contributed by atoms with Crippen molar-refractivity contribution in [2.24, 2.45) is 5.92 Å². The minimum Gasteiger partial charge on any atom is -0.338 e. The fourth-order valence-electron chi connectivity index (χ4n) is 3.38. The van der Waals surface area contributed by atoms with E-state index in [0.29, 0.717) is 29.3 Å². The summed E-state index contributed by atoms with van der Waals surface area (Å²) in [5.41, 5.74) is 0.464. The van der Waals surface area contributed by atoms with E-state index in [4.69, 9.17) is 0 Å². The van der Waals surface area contributed by atoms with Gasteiger partial charge in [-0.25, -0.2) is 4.39 Å². The summed E-state index contributed by atoms with van der Waals surface area (Å²) < 4.78 is 13.8. The molecule has 2 N–H and O–H groups in total. The minimum absolute atomic E-state index is 0.281. The maximum absolute atomic E-state index is 13.8. The van der Waals surface area contributed by atoms with Crippen LogP contribution in [0.15, 0.2) is 24.3 Å². The third-order valence-corrected chi connectivity index (χ3v) is 4.48. The molecule has 1 aromatic carbocycles. The SMILES string of the molecule is Fc1ccccc1-c1nc(N2CC3CCCNC3C2)n[nH]1. The Morgan fingerprint density at radius 3 is 3.00 bits per heavy atom. The number of H-pyrrole nitrogens is 1.